The third-order valence-corrected chi connectivity index (χ3v) is 3.81. The zero-order valence-electron chi connectivity index (χ0n) is 10.3. The lowest BCUT2D eigenvalue weighted by Gasteiger charge is -2.12. The first-order valence-electron chi connectivity index (χ1n) is 6.10. The maximum Gasteiger partial charge on any atom is 0.337 e. The average molecular weight is 327 g/mol. The van der Waals surface area contributed by atoms with E-state index in [1.165, 1.54) is 6.07 Å². The second-order valence-corrected chi connectivity index (χ2v) is 5.43. The number of carboxylic acids is 1. The Morgan fingerprint density at radius 2 is 2.26 bits per heavy atom. The van der Waals surface area contributed by atoms with Crippen LogP contribution in [0.5, 0.6) is 0 Å². The molecule has 1 saturated heterocycles. The van der Waals surface area contributed by atoms with Gasteiger partial charge in [-0.1, -0.05) is 6.07 Å². The third-order valence-electron chi connectivity index (χ3n) is 3.14. The maximum atomic E-state index is 11.9. The quantitative estimate of drug-likeness (QED) is 0.791. The van der Waals surface area contributed by atoms with Crippen LogP contribution in [-0.4, -0.2) is 30.1 Å². The summed E-state index contributed by atoms with van der Waals surface area (Å²) in [5, 5.41) is 15.0. The van der Waals surface area contributed by atoms with Gasteiger partial charge >= 0.3 is 5.97 Å². The maximum absolute atomic E-state index is 11.9. The molecule has 0 aliphatic carbocycles. The number of carboxylic acid groups (broad SMARTS) is 1. The molecule has 0 bridgehead atoms. The molecule has 102 valence electrons. The van der Waals surface area contributed by atoms with Crippen molar-refractivity contribution in [3.8, 4) is 0 Å². The van der Waals surface area contributed by atoms with Crippen LogP contribution < -0.4 is 10.6 Å². The fourth-order valence-corrected chi connectivity index (χ4v) is 2.64. The summed E-state index contributed by atoms with van der Waals surface area (Å²) in [5.41, 5.74) is 0.415. The minimum absolute atomic E-state index is 0.0901. The van der Waals surface area contributed by atoms with E-state index in [2.05, 4.69) is 26.6 Å². The number of amides is 1. The van der Waals surface area contributed by atoms with E-state index < -0.39 is 5.97 Å². The minimum Gasteiger partial charge on any atom is -0.478 e. The minimum atomic E-state index is -1.06. The van der Waals surface area contributed by atoms with Crippen LogP contribution in [0.2, 0.25) is 0 Å². The number of para-hydroxylation sites is 1. The molecule has 5 nitrogen and oxygen atoms in total. The van der Waals surface area contributed by atoms with E-state index in [0.29, 0.717) is 22.5 Å². The topological polar surface area (TPSA) is 78.4 Å². The molecule has 0 spiro atoms. The molecule has 0 radical (unpaired) electrons. The molecular formula is C13H15BrN2O3. The zero-order chi connectivity index (χ0) is 13.8. The highest BCUT2D eigenvalue weighted by Gasteiger charge is 2.20. The summed E-state index contributed by atoms with van der Waals surface area (Å²) < 4.78 is 0.574. The lowest BCUT2D eigenvalue weighted by molar-refractivity contribution is -0.116. The Hall–Kier alpha value is -1.40. The summed E-state index contributed by atoms with van der Waals surface area (Å²) in [7, 11) is 0. The van der Waals surface area contributed by atoms with Crippen LogP contribution in [0.1, 0.15) is 23.2 Å². The van der Waals surface area contributed by atoms with Crippen LogP contribution in [0.4, 0.5) is 5.69 Å². The number of aromatic carboxylic acids is 1. The smallest absolute Gasteiger partial charge is 0.337 e. The van der Waals surface area contributed by atoms with Gasteiger partial charge in [0.15, 0.2) is 0 Å². The molecule has 1 aliphatic rings. The number of halogens is 1. The summed E-state index contributed by atoms with van der Waals surface area (Å²) in [4.78, 5) is 23.1. The largest absolute Gasteiger partial charge is 0.478 e. The molecule has 19 heavy (non-hydrogen) atoms. The van der Waals surface area contributed by atoms with Gasteiger partial charge in [0.1, 0.15) is 0 Å². The predicted molar refractivity (Wildman–Crippen MR) is 75.3 cm³/mol. The van der Waals surface area contributed by atoms with Crippen molar-refractivity contribution in [1.29, 1.82) is 0 Å². The summed E-state index contributed by atoms with van der Waals surface area (Å²) in [5.74, 6) is -0.877. The molecule has 1 unspecified atom stereocenters. The standard InChI is InChI=1S/C13H15BrN2O3/c14-10-3-1-2-9(13(18)19)12(10)16-11(17)6-8-4-5-15-7-8/h1-3,8,15H,4-7H2,(H,16,17)(H,18,19). The Bertz CT molecular complexity index is 499. The first-order chi connectivity index (χ1) is 9.08. The van der Waals surface area contributed by atoms with Crippen LogP contribution >= 0.6 is 15.9 Å². The molecule has 0 saturated carbocycles. The highest BCUT2D eigenvalue weighted by Crippen LogP contribution is 2.27. The van der Waals surface area contributed by atoms with Crippen molar-refractivity contribution >= 4 is 33.5 Å². The van der Waals surface area contributed by atoms with Crippen molar-refractivity contribution < 1.29 is 14.7 Å². The van der Waals surface area contributed by atoms with E-state index in [-0.39, 0.29) is 11.5 Å². The van der Waals surface area contributed by atoms with Gasteiger partial charge in [0.2, 0.25) is 5.91 Å². The van der Waals surface area contributed by atoms with E-state index >= 15 is 0 Å². The molecule has 0 aromatic heterocycles. The van der Waals surface area contributed by atoms with E-state index in [4.69, 9.17) is 5.11 Å². The highest BCUT2D eigenvalue weighted by atomic mass is 79.9. The Morgan fingerprint density at radius 3 is 2.89 bits per heavy atom. The van der Waals surface area contributed by atoms with Gasteiger partial charge in [-0.3, -0.25) is 4.79 Å². The molecule has 6 heteroatoms. The summed E-state index contributed by atoms with van der Waals surface area (Å²) in [6.07, 6.45) is 1.39. The molecule has 3 N–H and O–H groups in total. The van der Waals surface area contributed by atoms with Gasteiger partial charge in [-0.15, -0.1) is 0 Å². The molecule has 1 aliphatic heterocycles. The van der Waals surface area contributed by atoms with Crippen molar-refractivity contribution in [2.45, 2.75) is 12.8 Å². The van der Waals surface area contributed by atoms with Crippen LogP contribution in [0, 0.1) is 5.92 Å². The van der Waals surface area contributed by atoms with Gasteiger partial charge in [0.25, 0.3) is 0 Å². The van der Waals surface area contributed by atoms with Gasteiger partial charge in [-0.05, 0) is 53.5 Å². The van der Waals surface area contributed by atoms with Crippen LogP contribution in [-0.2, 0) is 4.79 Å². The number of nitrogens with one attached hydrogen (secondary N) is 2. The fraction of sp³-hybridized carbons (Fsp3) is 0.385. The molecule has 1 amide bonds. The number of carbonyl (C=O) groups is 2. The van der Waals surface area contributed by atoms with E-state index in [0.717, 1.165) is 19.5 Å². The van der Waals surface area contributed by atoms with Gasteiger partial charge in [0.05, 0.1) is 11.3 Å². The Kier molecular flexibility index (Phi) is 4.55. The number of hydrogen-bond acceptors (Lipinski definition) is 3. The molecule has 1 fully saturated rings. The van der Waals surface area contributed by atoms with Crippen LogP contribution in [0.15, 0.2) is 22.7 Å². The summed E-state index contributed by atoms with van der Waals surface area (Å²) in [6, 6.07) is 4.81. The van der Waals surface area contributed by atoms with Crippen molar-refractivity contribution in [3.05, 3.63) is 28.2 Å². The molecule has 2 rings (SSSR count). The number of carbonyl (C=O) groups excluding carboxylic acids is 1. The molecular weight excluding hydrogens is 312 g/mol. The lowest BCUT2D eigenvalue weighted by atomic mass is 10.0. The normalized spacial score (nSPS) is 18.3. The number of anilines is 1. The van der Waals surface area contributed by atoms with E-state index in [1.54, 1.807) is 12.1 Å². The van der Waals surface area contributed by atoms with E-state index in [9.17, 15) is 9.59 Å². The van der Waals surface area contributed by atoms with Crippen molar-refractivity contribution in [3.63, 3.8) is 0 Å². The van der Waals surface area contributed by atoms with E-state index in [1.807, 2.05) is 0 Å². The highest BCUT2D eigenvalue weighted by molar-refractivity contribution is 9.10. The van der Waals surface area contributed by atoms with Gasteiger partial charge in [-0.2, -0.15) is 0 Å². The van der Waals surface area contributed by atoms with Crippen molar-refractivity contribution in [2.24, 2.45) is 5.92 Å². The van der Waals surface area contributed by atoms with Crippen LogP contribution in [0.3, 0.4) is 0 Å². The summed E-state index contributed by atoms with van der Waals surface area (Å²) in [6.45, 7) is 1.78. The van der Waals surface area contributed by atoms with Crippen LogP contribution in [0.25, 0.3) is 0 Å². The second kappa shape index (κ2) is 6.16. The first kappa shape index (κ1) is 14.0. The Balaban J connectivity index is 2.09. The Labute approximate surface area is 119 Å². The average Bonchev–Trinajstić information content (AvgIpc) is 2.84. The number of benzene rings is 1. The van der Waals surface area contributed by atoms with Crippen molar-refractivity contribution in [2.75, 3.05) is 18.4 Å². The van der Waals surface area contributed by atoms with Gasteiger partial charge in [-0.25, -0.2) is 4.79 Å². The molecule has 1 atom stereocenters. The number of rotatable bonds is 4. The fourth-order valence-electron chi connectivity index (χ4n) is 2.17. The Morgan fingerprint density at radius 1 is 1.47 bits per heavy atom. The lowest BCUT2D eigenvalue weighted by Crippen LogP contribution is -2.20. The monoisotopic (exact) mass is 326 g/mol. The predicted octanol–water partition coefficient (Wildman–Crippen LogP) is 2.09. The molecule has 1 heterocycles. The van der Waals surface area contributed by atoms with Gasteiger partial charge in [0, 0.05) is 10.9 Å². The number of hydrogen-bond donors (Lipinski definition) is 3. The summed E-state index contributed by atoms with van der Waals surface area (Å²) >= 11 is 3.27. The SMILES string of the molecule is O=C(CC1CCNC1)Nc1c(Br)cccc1C(=O)O. The first-order valence-corrected chi connectivity index (χ1v) is 6.89. The van der Waals surface area contributed by atoms with Crippen molar-refractivity contribution in [1.82, 2.24) is 5.32 Å². The van der Waals surface area contributed by atoms with Gasteiger partial charge < -0.3 is 15.7 Å². The molecule has 1 aromatic rings. The third kappa shape index (κ3) is 3.54. The second-order valence-electron chi connectivity index (χ2n) is 4.58. The molecule has 1 aromatic carbocycles. The zero-order valence-corrected chi connectivity index (χ0v) is 11.9.